The van der Waals surface area contributed by atoms with E-state index in [0.717, 1.165) is 25.9 Å². The molecule has 0 saturated heterocycles. The Balaban J connectivity index is 3.57. The monoisotopic (exact) mass is 216 g/mol. The molecule has 90 valence electrons. The molecule has 1 atom stereocenters. The Morgan fingerprint density at radius 2 is 2.00 bits per heavy atom. The van der Waals surface area contributed by atoms with Crippen LogP contribution in [0.1, 0.15) is 40.0 Å². The summed E-state index contributed by atoms with van der Waals surface area (Å²) in [6.45, 7) is 8.56. The van der Waals surface area contributed by atoms with Crippen molar-refractivity contribution in [3.05, 3.63) is 0 Å². The van der Waals surface area contributed by atoms with Crippen molar-refractivity contribution in [3.8, 4) is 0 Å². The summed E-state index contributed by atoms with van der Waals surface area (Å²) in [6, 6.07) is -0.137. The molecule has 0 amide bonds. The number of rotatable bonds is 8. The average molecular weight is 216 g/mol. The maximum atomic E-state index is 10.5. The van der Waals surface area contributed by atoms with Crippen LogP contribution in [0.15, 0.2) is 0 Å². The van der Waals surface area contributed by atoms with Gasteiger partial charge in [-0.25, -0.2) is 0 Å². The van der Waals surface area contributed by atoms with Gasteiger partial charge in [-0.1, -0.05) is 13.3 Å². The molecule has 0 rings (SSSR count). The molecule has 0 aromatic heterocycles. The second kappa shape index (κ2) is 7.65. The molecule has 0 aliphatic heterocycles. The van der Waals surface area contributed by atoms with Gasteiger partial charge in [0, 0.05) is 6.04 Å². The number of carbonyl (C=O) groups is 1. The van der Waals surface area contributed by atoms with Crippen LogP contribution >= 0.6 is 0 Å². The quantitative estimate of drug-likeness (QED) is 0.600. The summed E-state index contributed by atoms with van der Waals surface area (Å²) in [5.41, 5.74) is 5.41. The maximum Gasteiger partial charge on any atom is 0.320 e. The van der Waals surface area contributed by atoms with Crippen molar-refractivity contribution in [1.82, 2.24) is 4.90 Å². The predicted molar refractivity (Wildman–Crippen MR) is 61.8 cm³/mol. The zero-order valence-electron chi connectivity index (χ0n) is 10.1. The molecular formula is C11H24N2O2. The summed E-state index contributed by atoms with van der Waals surface area (Å²) >= 11 is 0. The molecule has 0 bridgehead atoms. The fraction of sp³-hybridized carbons (Fsp3) is 0.909. The number of nitrogens with two attached hydrogens (primary N) is 1. The summed E-state index contributed by atoms with van der Waals surface area (Å²) in [4.78, 5) is 12.8. The molecule has 4 heteroatoms. The highest BCUT2D eigenvalue weighted by Gasteiger charge is 2.11. The van der Waals surface area contributed by atoms with Gasteiger partial charge in [-0.15, -0.1) is 0 Å². The zero-order valence-corrected chi connectivity index (χ0v) is 10.1. The molecule has 0 heterocycles. The van der Waals surface area contributed by atoms with E-state index in [2.05, 4.69) is 25.7 Å². The molecule has 0 spiro atoms. The molecule has 15 heavy (non-hydrogen) atoms. The number of carboxylic acid groups (broad SMARTS) is 1. The van der Waals surface area contributed by atoms with Crippen LogP contribution in [0.5, 0.6) is 0 Å². The molecule has 0 saturated carbocycles. The van der Waals surface area contributed by atoms with Crippen LogP contribution in [0.4, 0.5) is 0 Å². The molecule has 0 aliphatic carbocycles. The highest BCUT2D eigenvalue weighted by molar-refractivity contribution is 5.72. The van der Waals surface area contributed by atoms with Gasteiger partial charge in [-0.05, 0) is 39.8 Å². The van der Waals surface area contributed by atoms with E-state index in [1.807, 2.05) is 0 Å². The molecule has 0 radical (unpaired) electrons. The van der Waals surface area contributed by atoms with Gasteiger partial charge in [0.05, 0.1) is 0 Å². The lowest BCUT2D eigenvalue weighted by molar-refractivity contribution is -0.138. The number of hydrogen-bond acceptors (Lipinski definition) is 3. The van der Waals surface area contributed by atoms with Gasteiger partial charge in [-0.2, -0.15) is 0 Å². The first kappa shape index (κ1) is 14.4. The smallest absolute Gasteiger partial charge is 0.320 e. The topological polar surface area (TPSA) is 66.6 Å². The van der Waals surface area contributed by atoms with Crippen molar-refractivity contribution in [2.75, 3.05) is 13.1 Å². The van der Waals surface area contributed by atoms with E-state index in [-0.39, 0.29) is 0 Å². The largest absolute Gasteiger partial charge is 0.480 e. The van der Waals surface area contributed by atoms with Gasteiger partial charge in [0.25, 0.3) is 0 Å². The van der Waals surface area contributed by atoms with Crippen molar-refractivity contribution >= 4 is 5.97 Å². The van der Waals surface area contributed by atoms with Crippen molar-refractivity contribution in [1.29, 1.82) is 0 Å². The number of carboxylic acids is 1. The third-order valence-corrected chi connectivity index (χ3v) is 2.66. The number of unbranched alkanes of at least 4 members (excludes halogenated alkanes) is 1. The van der Waals surface area contributed by atoms with Crippen LogP contribution in [0, 0.1) is 0 Å². The third-order valence-electron chi connectivity index (χ3n) is 2.66. The zero-order chi connectivity index (χ0) is 11.8. The Labute approximate surface area is 92.4 Å². The van der Waals surface area contributed by atoms with E-state index in [0.29, 0.717) is 12.5 Å². The van der Waals surface area contributed by atoms with Gasteiger partial charge in [0.15, 0.2) is 0 Å². The summed E-state index contributed by atoms with van der Waals surface area (Å²) in [7, 11) is 0. The molecule has 0 aliphatic rings. The SMILES string of the molecule is CCN(CCCCC(N)C(=O)O)C(C)C. The Kier molecular flexibility index (Phi) is 7.34. The van der Waals surface area contributed by atoms with E-state index < -0.39 is 12.0 Å². The first-order chi connectivity index (χ1) is 6.99. The Morgan fingerprint density at radius 1 is 1.40 bits per heavy atom. The van der Waals surface area contributed by atoms with Gasteiger partial charge in [-0.3, -0.25) is 4.79 Å². The molecule has 0 aromatic rings. The first-order valence-electron chi connectivity index (χ1n) is 5.71. The lowest BCUT2D eigenvalue weighted by Gasteiger charge is -2.24. The Bertz CT molecular complexity index is 183. The predicted octanol–water partition coefficient (Wildman–Crippen LogP) is 1.30. The standard InChI is InChI=1S/C11H24N2O2/c1-4-13(9(2)3)8-6-5-7-10(12)11(14)15/h9-10H,4-8,12H2,1-3H3,(H,14,15). The lowest BCUT2D eigenvalue weighted by Crippen LogP contribution is -2.32. The van der Waals surface area contributed by atoms with Crippen molar-refractivity contribution in [3.63, 3.8) is 0 Å². The van der Waals surface area contributed by atoms with E-state index in [1.165, 1.54) is 0 Å². The fourth-order valence-electron chi connectivity index (χ4n) is 1.58. The second-order valence-electron chi connectivity index (χ2n) is 4.16. The van der Waals surface area contributed by atoms with Gasteiger partial charge >= 0.3 is 5.97 Å². The first-order valence-corrected chi connectivity index (χ1v) is 5.71. The van der Waals surface area contributed by atoms with E-state index in [1.54, 1.807) is 0 Å². The second-order valence-corrected chi connectivity index (χ2v) is 4.16. The van der Waals surface area contributed by atoms with Crippen LogP contribution in [-0.4, -0.2) is 41.1 Å². The summed E-state index contributed by atoms with van der Waals surface area (Å²) in [5, 5.41) is 8.59. The van der Waals surface area contributed by atoms with Crippen LogP contribution < -0.4 is 5.73 Å². The average Bonchev–Trinajstić information content (AvgIpc) is 2.16. The van der Waals surface area contributed by atoms with E-state index in [9.17, 15) is 4.79 Å². The molecule has 4 nitrogen and oxygen atoms in total. The van der Waals surface area contributed by atoms with Crippen LogP contribution in [-0.2, 0) is 4.79 Å². The Hall–Kier alpha value is -0.610. The van der Waals surface area contributed by atoms with Gasteiger partial charge < -0.3 is 15.7 Å². The molecule has 1 unspecified atom stereocenters. The van der Waals surface area contributed by atoms with E-state index in [4.69, 9.17) is 10.8 Å². The van der Waals surface area contributed by atoms with Crippen LogP contribution in [0.3, 0.4) is 0 Å². The van der Waals surface area contributed by atoms with Crippen molar-refractivity contribution in [2.45, 2.75) is 52.1 Å². The summed E-state index contributed by atoms with van der Waals surface area (Å²) in [6.07, 6.45) is 2.48. The third kappa shape index (κ3) is 6.47. The minimum absolute atomic E-state index is 0.558. The highest BCUT2D eigenvalue weighted by atomic mass is 16.4. The lowest BCUT2D eigenvalue weighted by atomic mass is 10.1. The van der Waals surface area contributed by atoms with Crippen LogP contribution in [0.25, 0.3) is 0 Å². The van der Waals surface area contributed by atoms with Crippen molar-refractivity contribution < 1.29 is 9.90 Å². The summed E-state index contributed by atoms with van der Waals surface area (Å²) < 4.78 is 0. The minimum Gasteiger partial charge on any atom is -0.480 e. The highest BCUT2D eigenvalue weighted by Crippen LogP contribution is 2.04. The minimum atomic E-state index is -0.897. The molecular weight excluding hydrogens is 192 g/mol. The molecule has 0 fully saturated rings. The van der Waals surface area contributed by atoms with Crippen molar-refractivity contribution in [2.24, 2.45) is 5.73 Å². The van der Waals surface area contributed by atoms with Crippen LogP contribution in [0.2, 0.25) is 0 Å². The number of aliphatic carboxylic acids is 1. The molecule has 3 N–H and O–H groups in total. The van der Waals surface area contributed by atoms with Gasteiger partial charge in [0.2, 0.25) is 0 Å². The fourth-order valence-corrected chi connectivity index (χ4v) is 1.58. The normalized spacial score (nSPS) is 13.5. The number of hydrogen-bond donors (Lipinski definition) is 2. The molecule has 0 aromatic carbocycles. The Morgan fingerprint density at radius 3 is 2.40 bits per heavy atom. The van der Waals surface area contributed by atoms with E-state index >= 15 is 0 Å². The van der Waals surface area contributed by atoms with Gasteiger partial charge in [0.1, 0.15) is 6.04 Å². The maximum absolute atomic E-state index is 10.5. The summed E-state index contributed by atoms with van der Waals surface area (Å²) in [5.74, 6) is -0.897. The number of nitrogens with zero attached hydrogens (tertiary/aromatic N) is 1.